The van der Waals surface area contributed by atoms with E-state index in [1.807, 2.05) is 36.8 Å². The van der Waals surface area contributed by atoms with Gasteiger partial charge in [-0.05, 0) is 62.6 Å². The normalized spacial score (nSPS) is 22.0. The highest BCUT2D eigenvalue weighted by Crippen LogP contribution is 2.45. The van der Waals surface area contributed by atoms with Crippen molar-refractivity contribution < 1.29 is 0 Å². The molecule has 132 valence electrons. The van der Waals surface area contributed by atoms with Crippen molar-refractivity contribution in [2.75, 3.05) is 0 Å². The first-order chi connectivity index (χ1) is 12.8. The summed E-state index contributed by atoms with van der Waals surface area (Å²) in [4.78, 5) is 16.5. The van der Waals surface area contributed by atoms with Crippen molar-refractivity contribution >= 4 is 0 Å². The molecule has 0 amide bonds. The lowest BCUT2D eigenvalue weighted by Gasteiger charge is -2.45. The summed E-state index contributed by atoms with van der Waals surface area (Å²) in [7, 11) is 0. The molecule has 3 aromatic heterocycles. The molecule has 0 aliphatic carbocycles. The first-order valence-corrected chi connectivity index (χ1v) is 9.35. The third kappa shape index (κ3) is 3.37. The van der Waals surface area contributed by atoms with E-state index in [0.717, 1.165) is 29.9 Å². The van der Waals surface area contributed by atoms with Gasteiger partial charge in [0, 0.05) is 18.6 Å². The molecule has 3 aromatic rings. The van der Waals surface area contributed by atoms with Crippen molar-refractivity contribution in [2.24, 2.45) is 0 Å². The van der Waals surface area contributed by atoms with Crippen LogP contribution in [0.4, 0.5) is 0 Å². The Morgan fingerprint density at radius 1 is 0.769 bits per heavy atom. The second kappa shape index (κ2) is 7.75. The lowest BCUT2D eigenvalue weighted by Crippen LogP contribution is -2.39. The van der Waals surface area contributed by atoms with Crippen molar-refractivity contribution in [3.05, 3.63) is 90.3 Å². The van der Waals surface area contributed by atoms with Crippen molar-refractivity contribution in [2.45, 2.75) is 44.3 Å². The van der Waals surface area contributed by atoms with Gasteiger partial charge < -0.3 is 0 Å². The molecule has 1 aliphatic heterocycles. The first kappa shape index (κ1) is 16.9. The van der Waals surface area contributed by atoms with Crippen LogP contribution in [0.1, 0.15) is 61.4 Å². The summed E-state index contributed by atoms with van der Waals surface area (Å²) in [6, 6.07) is 19.3. The summed E-state index contributed by atoms with van der Waals surface area (Å²) >= 11 is 0. The van der Waals surface area contributed by atoms with Gasteiger partial charge in [-0.2, -0.15) is 0 Å². The maximum atomic E-state index is 4.67. The molecular weight excluding hydrogens is 320 g/mol. The number of piperidine rings is 1. The van der Waals surface area contributed by atoms with Crippen LogP contribution in [0.3, 0.4) is 0 Å². The van der Waals surface area contributed by atoms with Gasteiger partial charge in [-0.15, -0.1) is 0 Å². The number of hydrogen-bond acceptors (Lipinski definition) is 4. The Morgan fingerprint density at radius 2 is 1.31 bits per heavy atom. The Balaban J connectivity index is 1.76. The van der Waals surface area contributed by atoms with E-state index in [1.165, 1.54) is 6.42 Å². The van der Waals surface area contributed by atoms with Gasteiger partial charge >= 0.3 is 0 Å². The van der Waals surface area contributed by atoms with Crippen molar-refractivity contribution in [3.63, 3.8) is 0 Å². The maximum Gasteiger partial charge on any atom is 0.0575 e. The number of hydrogen-bond donors (Lipinski definition) is 0. The molecular formula is C22H24N4. The summed E-state index contributed by atoms with van der Waals surface area (Å²) in [6.07, 6.45) is 9.05. The van der Waals surface area contributed by atoms with Gasteiger partial charge in [0.2, 0.25) is 0 Å². The molecule has 2 unspecified atom stereocenters. The van der Waals surface area contributed by atoms with Gasteiger partial charge in [0.25, 0.3) is 0 Å². The van der Waals surface area contributed by atoms with Gasteiger partial charge in [0.05, 0.1) is 35.2 Å². The molecule has 4 heterocycles. The van der Waals surface area contributed by atoms with E-state index >= 15 is 0 Å². The predicted octanol–water partition coefficient (Wildman–Crippen LogP) is 4.90. The van der Waals surface area contributed by atoms with E-state index in [9.17, 15) is 0 Å². The molecule has 0 aromatic carbocycles. The van der Waals surface area contributed by atoms with Gasteiger partial charge in [-0.1, -0.05) is 18.2 Å². The second-order valence-corrected chi connectivity index (χ2v) is 6.85. The Hall–Kier alpha value is -2.59. The zero-order valence-electron chi connectivity index (χ0n) is 15.1. The number of rotatable bonds is 4. The average molecular weight is 344 g/mol. The summed E-state index contributed by atoms with van der Waals surface area (Å²) < 4.78 is 0. The molecule has 1 aliphatic rings. The van der Waals surface area contributed by atoms with Crippen molar-refractivity contribution in [3.8, 4) is 0 Å². The molecule has 26 heavy (non-hydrogen) atoms. The van der Waals surface area contributed by atoms with Gasteiger partial charge in [-0.25, -0.2) is 0 Å². The fraction of sp³-hybridized carbons (Fsp3) is 0.318. The molecule has 0 N–H and O–H groups in total. The Morgan fingerprint density at radius 3 is 1.77 bits per heavy atom. The second-order valence-electron chi connectivity index (χ2n) is 6.85. The van der Waals surface area contributed by atoms with Crippen LogP contribution in [0.15, 0.2) is 73.2 Å². The van der Waals surface area contributed by atoms with Gasteiger partial charge in [0.15, 0.2) is 0 Å². The lowest BCUT2D eigenvalue weighted by atomic mass is 9.89. The fourth-order valence-corrected chi connectivity index (χ4v) is 4.08. The Kier molecular flexibility index (Phi) is 5.02. The first-order valence-electron chi connectivity index (χ1n) is 9.35. The van der Waals surface area contributed by atoms with E-state index in [1.54, 1.807) is 0 Å². The average Bonchev–Trinajstić information content (AvgIpc) is 2.74. The molecule has 4 nitrogen and oxygen atoms in total. The highest BCUT2D eigenvalue weighted by atomic mass is 15.2. The van der Waals surface area contributed by atoms with E-state index < -0.39 is 0 Å². The highest BCUT2D eigenvalue weighted by Gasteiger charge is 2.37. The van der Waals surface area contributed by atoms with E-state index in [-0.39, 0.29) is 18.1 Å². The summed E-state index contributed by atoms with van der Waals surface area (Å²) in [5.74, 6) is 0. The van der Waals surface area contributed by atoms with E-state index in [0.29, 0.717) is 0 Å². The summed E-state index contributed by atoms with van der Waals surface area (Å²) in [5.41, 5.74) is 3.36. The van der Waals surface area contributed by atoms with Crippen LogP contribution in [0, 0.1) is 0 Å². The SMILES string of the molecule is CC(c1ccccn1)N1C(c2ccccn2)CCC[C@H]1c1ccccn1. The Labute approximate surface area is 155 Å². The third-order valence-corrected chi connectivity index (χ3v) is 5.30. The smallest absolute Gasteiger partial charge is 0.0575 e. The summed E-state index contributed by atoms with van der Waals surface area (Å²) in [5, 5.41) is 0. The molecule has 3 atom stereocenters. The monoisotopic (exact) mass is 344 g/mol. The topological polar surface area (TPSA) is 41.9 Å². The van der Waals surface area contributed by atoms with Crippen molar-refractivity contribution in [1.82, 2.24) is 19.9 Å². The van der Waals surface area contributed by atoms with Crippen LogP contribution in [0.25, 0.3) is 0 Å². The van der Waals surface area contributed by atoms with Crippen LogP contribution in [0.2, 0.25) is 0 Å². The minimum Gasteiger partial charge on any atom is -0.278 e. The molecule has 1 fully saturated rings. The molecule has 1 saturated heterocycles. The van der Waals surface area contributed by atoms with Crippen LogP contribution in [-0.2, 0) is 0 Å². The predicted molar refractivity (Wildman–Crippen MR) is 102 cm³/mol. The minimum atomic E-state index is 0.190. The summed E-state index contributed by atoms with van der Waals surface area (Å²) in [6.45, 7) is 2.25. The fourth-order valence-electron chi connectivity index (χ4n) is 4.08. The van der Waals surface area contributed by atoms with E-state index in [4.69, 9.17) is 0 Å². The van der Waals surface area contributed by atoms with Crippen LogP contribution >= 0.6 is 0 Å². The van der Waals surface area contributed by atoms with Gasteiger partial charge in [-0.3, -0.25) is 19.9 Å². The molecule has 4 rings (SSSR count). The molecule has 0 spiro atoms. The highest BCUT2D eigenvalue weighted by molar-refractivity contribution is 5.19. The lowest BCUT2D eigenvalue weighted by molar-refractivity contribution is 0.0358. The number of likely N-dealkylation sites (tertiary alicyclic amines) is 1. The van der Waals surface area contributed by atoms with Crippen LogP contribution in [0.5, 0.6) is 0 Å². The van der Waals surface area contributed by atoms with Crippen molar-refractivity contribution in [1.29, 1.82) is 0 Å². The number of pyridine rings is 3. The van der Waals surface area contributed by atoms with Crippen LogP contribution in [-0.4, -0.2) is 19.9 Å². The zero-order chi connectivity index (χ0) is 17.8. The quantitative estimate of drug-likeness (QED) is 0.675. The Bertz CT molecular complexity index is 760. The van der Waals surface area contributed by atoms with E-state index in [2.05, 4.69) is 63.2 Å². The van der Waals surface area contributed by atoms with Crippen LogP contribution < -0.4 is 0 Å². The molecule has 0 radical (unpaired) electrons. The molecule has 0 saturated carbocycles. The maximum absolute atomic E-state index is 4.67. The number of aromatic nitrogens is 3. The third-order valence-electron chi connectivity index (χ3n) is 5.30. The molecule has 4 heteroatoms. The number of nitrogens with zero attached hydrogens (tertiary/aromatic N) is 4. The largest absolute Gasteiger partial charge is 0.278 e. The standard InChI is InChI=1S/C22H24N4/c1-17(18-9-2-5-14-23-18)26-21(19-10-3-6-15-24-19)12-8-13-22(26)20-11-4-7-16-25-20/h2-7,9-11,14-17,21-22H,8,12-13H2,1H3/t17?,21-,22?/m0/s1. The zero-order valence-corrected chi connectivity index (χ0v) is 15.1. The van der Waals surface area contributed by atoms with Gasteiger partial charge in [0.1, 0.15) is 0 Å². The minimum absolute atomic E-state index is 0.190. The molecule has 0 bridgehead atoms.